The first-order valence-electron chi connectivity index (χ1n) is 4.28. The molecule has 2 heterocycles. The first-order chi connectivity index (χ1) is 6.81. The maximum absolute atomic E-state index is 5.65. The van der Waals surface area contributed by atoms with Gasteiger partial charge in [-0.25, -0.2) is 9.97 Å². The summed E-state index contributed by atoms with van der Waals surface area (Å²) in [5.74, 6) is 1.32. The van der Waals surface area contributed by atoms with Crippen LogP contribution in [-0.4, -0.2) is 29.4 Å². The van der Waals surface area contributed by atoms with Crippen LogP contribution in [0.2, 0.25) is 0 Å². The zero-order valence-corrected chi connectivity index (χ0v) is 9.35. The number of anilines is 1. The normalized spacial score (nSPS) is 10.7. The van der Waals surface area contributed by atoms with Gasteiger partial charge in [0.25, 0.3) is 0 Å². The maximum Gasteiger partial charge on any atom is 0.226 e. The van der Waals surface area contributed by atoms with Crippen molar-refractivity contribution in [3.63, 3.8) is 0 Å². The van der Waals surface area contributed by atoms with Gasteiger partial charge in [0.15, 0.2) is 0 Å². The second-order valence-corrected chi connectivity index (χ2v) is 4.23. The molecule has 0 unspecified atom stereocenters. The summed E-state index contributed by atoms with van der Waals surface area (Å²) in [6.45, 7) is 0.762. The number of alkyl halides is 1. The second kappa shape index (κ2) is 4.11. The smallest absolute Gasteiger partial charge is 0.226 e. The molecule has 0 spiro atoms. The Kier molecular flexibility index (Phi) is 2.84. The predicted octanol–water partition coefficient (Wildman–Crippen LogP) is 2.37. The molecule has 0 amide bonds. The van der Waals surface area contributed by atoms with Crippen LogP contribution in [0.1, 0.15) is 0 Å². The van der Waals surface area contributed by atoms with E-state index in [1.165, 1.54) is 0 Å². The monoisotopic (exact) mass is 227 g/mol. The zero-order valence-electron chi connectivity index (χ0n) is 7.77. The van der Waals surface area contributed by atoms with Crippen LogP contribution in [0.15, 0.2) is 17.6 Å². The van der Waals surface area contributed by atoms with Crippen LogP contribution in [0.4, 0.5) is 5.95 Å². The standard InChI is InChI=1S/C9H10ClN3S/c1-13(4-3-10)9-11-6-7-2-5-14-8(7)12-9/h2,5-6H,3-4H2,1H3. The highest BCUT2D eigenvalue weighted by Crippen LogP contribution is 2.19. The Hall–Kier alpha value is -0.870. The van der Waals surface area contributed by atoms with Crippen LogP contribution >= 0.6 is 22.9 Å². The topological polar surface area (TPSA) is 29.0 Å². The maximum atomic E-state index is 5.65. The van der Waals surface area contributed by atoms with Crippen LogP contribution in [0.3, 0.4) is 0 Å². The van der Waals surface area contributed by atoms with E-state index >= 15 is 0 Å². The average molecular weight is 228 g/mol. The molecule has 0 bridgehead atoms. The van der Waals surface area contributed by atoms with Crippen molar-refractivity contribution < 1.29 is 0 Å². The zero-order chi connectivity index (χ0) is 9.97. The lowest BCUT2D eigenvalue weighted by Crippen LogP contribution is -2.21. The number of hydrogen-bond acceptors (Lipinski definition) is 4. The fraction of sp³-hybridized carbons (Fsp3) is 0.333. The predicted molar refractivity (Wildman–Crippen MR) is 61.4 cm³/mol. The molecule has 0 aliphatic heterocycles. The van der Waals surface area contributed by atoms with Gasteiger partial charge in [0.05, 0.1) is 0 Å². The Morgan fingerprint density at radius 3 is 3.21 bits per heavy atom. The fourth-order valence-corrected chi connectivity index (χ4v) is 2.15. The molecule has 0 fully saturated rings. The van der Waals surface area contributed by atoms with E-state index in [2.05, 4.69) is 9.97 Å². The van der Waals surface area contributed by atoms with E-state index in [0.717, 1.165) is 22.7 Å². The number of nitrogens with zero attached hydrogens (tertiary/aromatic N) is 3. The van der Waals surface area contributed by atoms with Crippen LogP contribution in [0.25, 0.3) is 10.2 Å². The molecule has 0 aromatic carbocycles. The lowest BCUT2D eigenvalue weighted by atomic mass is 10.4. The molecule has 0 aliphatic rings. The highest BCUT2D eigenvalue weighted by atomic mass is 35.5. The Labute approximate surface area is 91.4 Å². The molecular weight excluding hydrogens is 218 g/mol. The largest absolute Gasteiger partial charge is 0.343 e. The summed E-state index contributed by atoms with van der Waals surface area (Å²) in [5, 5.41) is 3.11. The molecule has 3 nitrogen and oxygen atoms in total. The minimum absolute atomic E-state index is 0.586. The summed E-state index contributed by atoms with van der Waals surface area (Å²) in [6.07, 6.45) is 1.85. The van der Waals surface area contributed by atoms with E-state index in [1.807, 2.05) is 29.6 Å². The molecule has 2 aromatic rings. The lowest BCUT2D eigenvalue weighted by Gasteiger charge is -2.14. The van der Waals surface area contributed by atoms with Gasteiger partial charge < -0.3 is 4.90 Å². The molecule has 0 radical (unpaired) electrons. The van der Waals surface area contributed by atoms with Crippen molar-refractivity contribution in [2.75, 3.05) is 24.4 Å². The minimum Gasteiger partial charge on any atom is -0.343 e. The molecule has 0 atom stereocenters. The van der Waals surface area contributed by atoms with Crippen molar-refractivity contribution in [3.05, 3.63) is 17.6 Å². The highest BCUT2D eigenvalue weighted by Gasteiger charge is 2.04. The van der Waals surface area contributed by atoms with Crippen molar-refractivity contribution in [3.8, 4) is 0 Å². The summed E-state index contributed by atoms with van der Waals surface area (Å²) in [4.78, 5) is 11.7. The van der Waals surface area contributed by atoms with Crippen molar-refractivity contribution >= 4 is 39.1 Å². The van der Waals surface area contributed by atoms with E-state index in [9.17, 15) is 0 Å². The van der Waals surface area contributed by atoms with Gasteiger partial charge in [0, 0.05) is 31.1 Å². The van der Waals surface area contributed by atoms with Crippen LogP contribution < -0.4 is 4.90 Å². The van der Waals surface area contributed by atoms with Crippen LogP contribution in [0, 0.1) is 0 Å². The van der Waals surface area contributed by atoms with Gasteiger partial charge in [0.1, 0.15) is 4.83 Å². The van der Waals surface area contributed by atoms with Gasteiger partial charge in [-0.15, -0.1) is 22.9 Å². The summed E-state index contributed by atoms with van der Waals surface area (Å²) in [5.41, 5.74) is 0. The van der Waals surface area contributed by atoms with Crippen molar-refractivity contribution in [1.29, 1.82) is 0 Å². The van der Waals surface area contributed by atoms with E-state index < -0.39 is 0 Å². The molecule has 74 valence electrons. The third-order valence-corrected chi connectivity index (χ3v) is 2.95. The fourth-order valence-electron chi connectivity index (χ4n) is 1.16. The number of halogens is 1. The number of hydrogen-bond donors (Lipinski definition) is 0. The van der Waals surface area contributed by atoms with Gasteiger partial charge in [-0.05, 0) is 11.4 Å². The van der Waals surface area contributed by atoms with Gasteiger partial charge in [-0.1, -0.05) is 0 Å². The summed E-state index contributed by atoms with van der Waals surface area (Å²) >= 11 is 7.28. The number of fused-ring (bicyclic) bond motifs is 1. The first kappa shape index (κ1) is 9.68. The quantitative estimate of drug-likeness (QED) is 0.754. The Morgan fingerprint density at radius 2 is 2.43 bits per heavy atom. The van der Waals surface area contributed by atoms with Crippen LogP contribution in [0.5, 0.6) is 0 Å². The second-order valence-electron chi connectivity index (χ2n) is 2.96. The van der Waals surface area contributed by atoms with E-state index in [1.54, 1.807) is 11.3 Å². The van der Waals surface area contributed by atoms with E-state index in [0.29, 0.717) is 5.88 Å². The Morgan fingerprint density at radius 1 is 1.57 bits per heavy atom. The third kappa shape index (κ3) is 1.81. The molecule has 0 N–H and O–H groups in total. The number of rotatable bonds is 3. The van der Waals surface area contributed by atoms with Crippen molar-refractivity contribution in [1.82, 2.24) is 9.97 Å². The van der Waals surface area contributed by atoms with E-state index in [-0.39, 0.29) is 0 Å². The highest BCUT2D eigenvalue weighted by molar-refractivity contribution is 7.16. The number of aromatic nitrogens is 2. The first-order valence-corrected chi connectivity index (χ1v) is 5.70. The molecule has 0 saturated carbocycles. The van der Waals surface area contributed by atoms with E-state index in [4.69, 9.17) is 11.6 Å². The summed E-state index contributed by atoms with van der Waals surface area (Å²) < 4.78 is 0. The Balaban J connectivity index is 2.33. The minimum atomic E-state index is 0.586. The molecule has 0 saturated heterocycles. The Bertz CT molecular complexity index is 429. The SMILES string of the molecule is CN(CCCl)c1ncc2ccsc2n1. The molecule has 2 aromatic heterocycles. The third-order valence-electron chi connectivity index (χ3n) is 1.96. The molecule has 14 heavy (non-hydrogen) atoms. The lowest BCUT2D eigenvalue weighted by molar-refractivity contribution is 0.915. The summed E-state index contributed by atoms with van der Waals surface area (Å²) in [6, 6.07) is 2.02. The van der Waals surface area contributed by atoms with Gasteiger partial charge in [-0.3, -0.25) is 0 Å². The van der Waals surface area contributed by atoms with Gasteiger partial charge >= 0.3 is 0 Å². The molecule has 2 rings (SSSR count). The molecule has 5 heteroatoms. The summed E-state index contributed by atoms with van der Waals surface area (Å²) in [7, 11) is 1.94. The number of thiophene rings is 1. The van der Waals surface area contributed by atoms with Crippen molar-refractivity contribution in [2.24, 2.45) is 0 Å². The molecule has 0 aliphatic carbocycles. The van der Waals surface area contributed by atoms with Crippen LogP contribution in [-0.2, 0) is 0 Å². The molecular formula is C9H10ClN3S. The van der Waals surface area contributed by atoms with Crippen molar-refractivity contribution in [2.45, 2.75) is 0 Å². The van der Waals surface area contributed by atoms with Gasteiger partial charge in [-0.2, -0.15) is 0 Å². The average Bonchev–Trinajstić information content (AvgIpc) is 2.64. The van der Waals surface area contributed by atoms with Gasteiger partial charge in [0.2, 0.25) is 5.95 Å².